The molecule has 4 nitrogen and oxygen atoms in total. The van der Waals surface area contributed by atoms with E-state index in [1.165, 1.54) is 0 Å². The maximum atomic E-state index is 11.9. The molecule has 4 heteroatoms. The van der Waals surface area contributed by atoms with Crippen molar-refractivity contribution >= 4 is 11.9 Å². The average molecular weight is 227 g/mol. The van der Waals surface area contributed by atoms with Crippen LogP contribution in [-0.4, -0.2) is 23.5 Å². The Labute approximate surface area is 96.4 Å². The van der Waals surface area contributed by atoms with Crippen LogP contribution in [0, 0.1) is 11.3 Å². The highest BCUT2D eigenvalue weighted by Gasteiger charge is 2.42. The molecule has 0 aliphatic heterocycles. The summed E-state index contributed by atoms with van der Waals surface area (Å²) in [5, 5.41) is 11.5. The van der Waals surface area contributed by atoms with E-state index in [0.717, 1.165) is 25.7 Å². The van der Waals surface area contributed by atoms with Crippen molar-refractivity contribution in [2.24, 2.45) is 11.3 Å². The van der Waals surface area contributed by atoms with Crippen LogP contribution in [0.5, 0.6) is 0 Å². The second kappa shape index (κ2) is 5.32. The number of amides is 1. The minimum absolute atomic E-state index is 0.00423. The van der Waals surface area contributed by atoms with Crippen LogP contribution in [0.2, 0.25) is 0 Å². The van der Waals surface area contributed by atoms with Gasteiger partial charge in [0.05, 0.1) is 0 Å². The summed E-state index contributed by atoms with van der Waals surface area (Å²) in [5.74, 6) is -0.704. The van der Waals surface area contributed by atoms with Crippen molar-refractivity contribution in [3.63, 3.8) is 0 Å². The molecule has 1 aliphatic carbocycles. The molecule has 1 aliphatic rings. The summed E-state index contributed by atoms with van der Waals surface area (Å²) in [7, 11) is 0. The number of hydrogen-bond acceptors (Lipinski definition) is 2. The number of carbonyl (C=O) groups excluding carboxylic acids is 1. The van der Waals surface area contributed by atoms with Crippen molar-refractivity contribution in [1.29, 1.82) is 0 Å². The summed E-state index contributed by atoms with van der Waals surface area (Å²) in [4.78, 5) is 22.4. The second-order valence-corrected chi connectivity index (χ2v) is 4.90. The van der Waals surface area contributed by atoms with E-state index in [1.807, 2.05) is 13.8 Å². The Kier molecular flexibility index (Phi) is 4.33. The van der Waals surface area contributed by atoms with E-state index in [2.05, 4.69) is 5.32 Å². The first-order chi connectivity index (χ1) is 7.50. The van der Waals surface area contributed by atoms with E-state index >= 15 is 0 Å². The highest BCUT2D eigenvalue weighted by atomic mass is 16.4. The van der Waals surface area contributed by atoms with E-state index in [0.29, 0.717) is 6.54 Å². The van der Waals surface area contributed by atoms with Gasteiger partial charge in [-0.2, -0.15) is 0 Å². The maximum absolute atomic E-state index is 11.9. The number of rotatable bonds is 6. The zero-order valence-corrected chi connectivity index (χ0v) is 10.1. The normalized spacial score (nSPS) is 19.6. The van der Waals surface area contributed by atoms with Gasteiger partial charge in [0.2, 0.25) is 5.91 Å². The summed E-state index contributed by atoms with van der Waals surface area (Å²) in [6.07, 6.45) is 4.07. The number of hydrogen-bond donors (Lipinski definition) is 2. The van der Waals surface area contributed by atoms with Gasteiger partial charge in [-0.3, -0.25) is 9.59 Å². The first kappa shape index (κ1) is 13.0. The molecule has 1 rings (SSSR count). The fourth-order valence-electron chi connectivity index (χ4n) is 2.17. The third kappa shape index (κ3) is 2.97. The molecule has 1 amide bonds. The fourth-order valence-corrected chi connectivity index (χ4v) is 2.17. The standard InChI is InChI=1S/C12H21NO3/c1-3-12(5-4-6-12)11(16)13-8-9(2)7-10(14)15/h9H,3-8H2,1-2H3,(H,13,16)(H,14,15). The molecule has 2 N–H and O–H groups in total. The minimum Gasteiger partial charge on any atom is -0.481 e. The molecular formula is C12H21NO3. The Hall–Kier alpha value is -1.06. The number of carboxylic acid groups (broad SMARTS) is 1. The Morgan fingerprint density at radius 1 is 1.44 bits per heavy atom. The van der Waals surface area contributed by atoms with Crippen molar-refractivity contribution in [2.75, 3.05) is 6.54 Å². The van der Waals surface area contributed by atoms with Crippen molar-refractivity contribution in [2.45, 2.75) is 46.0 Å². The van der Waals surface area contributed by atoms with Gasteiger partial charge in [0.1, 0.15) is 0 Å². The third-order valence-electron chi connectivity index (χ3n) is 3.60. The van der Waals surface area contributed by atoms with Crippen LogP contribution in [0.15, 0.2) is 0 Å². The van der Waals surface area contributed by atoms with Crippen molar-refractivity contribution in [3.8, 4) is 0 Å². The molecule has 0 bridgehead atoms. The maximum Gasteiger partial charge on any atom is 0.303 e. The van der Waals surface area contributed by atoms with Gasteiger partial charge in [-0.15, -0.1) is 0 Å². The van der Waals surface area contributed by atoms with Crippen LogP contribution in [0.1, 0.15) is 46.0 Å². The molecule has 0 aromatic carbocycles. The summed E-state index contributed by atoms with van der Waals surface area (Å²) in [6.45, 7) is 4.35. The van der Waals surface area contributed by atoms with Gasteiger partial charge in [-0.05, 0) is 25.2 Å². The van der Waals surface area contributed by atoms with E-state index in [1.54, 1.807) is 0 Å². The Morgan fingerprint density at radius 3 is 2.44 bits per heavy atom. The molecule has 1 unspecified atom stereocenters. The number of carboxylic acids is 1. The highest BCUT2D eigenvalue weighted by Crippen LogP contribution is 2.43. The van der Waals surface area contributed by atoms with Crippen molar-refractivity contribution in [1.82, 2.24) is 5.32 Å². The third-order valence-corrected chi connectivity index (χ3v) is 3.60. The predicted octanol–water partition coefficient (Wildman–Crippen LogP) is 1.79. The molecule has 0 heterocycles. The lowest BCUT2D eigenvalue weighted by atomic mass is 9.66. The summed E-state index contributed by atoms with van der Waals surface area (Å²) >= 11 is 0. The lowest BCUT2D eigenvalue weighted by molar-refractivity contribution is -0.139. The molecule has 0 aromatic heterocycles. The highest BCUT2D eigenvalue weighted by molar-refractivity contribution is 5.83. The average Bonchev–Trinajstić information content (AvgIpc) is 2.12. The van der Waals surface area contributed by atoms with E-state index in [4.69, 9.17) is 5.11 Å². The summed E-state index contributed by atoms with van der Waals surface area (Å²) < 4.78 is 0. The first-order valence-corrected chi connectivity index (χ1v) is 6.00. The molecule has 0 spiro atoms. The number of carbonyl (C=O) groups is 2. The molecule has 16 heavy (non-hydrogen) atoms. The monoisotopic (exact) mass is 227 g/mol. The van der Waals surface area contributed by atoms with Gasteiger partial charge in [-0.25, -0.2) is 0 Å². The Morgan fingerprint density at radius 2 is 2.06 bits per heavy atom. The zero-order valence-electron chi connectivity index (χ0n) is 10.1. The molecule has 0 aromatic rings. The molecule has 0 saturated heterocycles. The van der Waals surface area contributed by atoms with Crippen LogP contribution in [-0.2, 0) is 9.59 Å². The molecule has 1 fully saturated rings. The van der Waals surface area contributed by atoms with Gasteiger partial charge in [-0.1, -0.05) is 20.3 Å². The quantitative estimate of drug-likeness (QED) is 0.727. The van der Waals surface area contributed by atoms with Gasteiger partial charge >= 0.3 is 5.97 Å². The van der Waals surface area contributed by atoms with Crippen molar-refractivity contribution < 1.29 is 14.7 Å². The zero-order chi connectivity index (χ0) is 12.2. The van der Waals surface area contributed by atoms with E-state index in [-0.39, 0.29) is 23.7 Å². The topological polar surface area (TPSA) is 66.4 Å². The predicted molar refractivity (Wildman–Crippen MR) is 61.0 cm³/mol. The van der Waals surface area contributed by atoms with E-state index in [9.17, 15) is 9.59 Å². The smallest absolute Gasteiger partial charge is 0.303 e. The van der Waals surface area contributed by atoms with Crippen LogP contribution < -0.4 is 5.32 Å². The molecule has 1 saturated carbocycles. The van der Waals surface area contributed by atoms with Crippen LogP contribution in [0.25, 0.3) is 0 Å². The summed E-state index contributed by atoms with van der Waals surface area (Å²) in [6, 6.07) is 0. The van der Waals surface area contributed by atoms with Crippen LogP contribution in [0.3, 0.4) is 0 Å². The summed E-state index contributed by atoms with van der Waals surface area (Å²) in [5.41, 5.74) is -0.150. The lowest BCUT2D eigenvalue weighted by Gasteiger charge is -2.39. The molecule has 92 valence electrons. The lowest BCUT2D eigenvalue weighted by Crippen LogP contribution is -2.46. The number of aliphatic carboxylic acids is 1. The molecule has 1 atom stereocenters. The SMILES string of the molecule is CCC1(C(=O)NCC(C)CC(=O)O)CCC1. The minimum atomic E-state index is -0.810. The van der Waals surface area contributed by atoms with Gasteiger partial charge in [0.15, 0.2) is 0 Å². The van der Waals surface area contributed by atoms with Crippen molar-refractivity contribution in [3.05, 3.63) is 0 Å². The largest absolute Gasteiger partial charge is 0.481 e. The number of nitrogens with one attached hydrogen (secondary N) is 1. The van der Waals surface area contributed by atoms with Crippen LogP contribution in [0.4, 0.5) is 0 Å². The Balaban J connectivity index is 2.32. The van der Waals surface area contributed by atoms with Gasteiger partial charge < -0.3 is 10.4 Å². The van der Waals surface area contributed by atoms with Gasteiger partial charge in [0.25, 0.3) is 0 Å². The van der Waals surface area contributed by atoms with E-state index < -0.39 is 5.97 Å². The van der Waals surface area contributed by atoms with Gasteiger partial charge in [0, 0.05) is 18.4 Å². The fraction of sp³-hybridized carbons (Fsp3) is 0.833. The van der Waals surface area contributed by atoms with Crippen LogP contribution >= 0.6 is 0 Å². The second-order valence-electron chi connectivity index (χ2n) is 4.90. The first-order valence-electron chi connectivity index (χ1n) is 6.00. The molecular weight excluding hydrogens is 206 g/mol. The molecule has 0 radical (unpaired) electrons. The Bertz CT molecular complexity index is 266.